The van der Waals surface area contributed by atoms with Gasteiger partial charge in [0.2, 0.25) is 0 Å². The number of rotatable bonds is 2. The molecule has 0 bridgehead atoms. The molecule has 0 saturated carbocycles. The SMILES string of the molecule is Cc1cccc2c1CN(C(=O)OC(C)(C)C)CCN2C(=O)c1cccc([N+](=O)[O-])c1. The molecule has 30 heavy (non-hydrogen) atoms. The van der Waals surface area contributed by atoms with Gasteiger partial charge in [-0.1, -0.05) is 18.2 Å². The molecule has 2 amide bonds. The summed E-state index contributed by atoms with van der Waals surface area (Å²) < 4.78 is 5.52. The molecule has 0 atom stereocenters. The van der Waals surface area contributed by atoms with E-state index in [2.05, 4.69) is 0 Å². The average Bonchev–Trinajstić information content (AvgIpc) is 2.87. The predicted octanol–water partition coefficient (Wildman–Crippen LogP) is 4.30. The lowest BCUT2D eigenvalue weighted by molar-refractivity contribution is -0.384. The maximum Gasteiger partial charge on any atom is 0.410 e. The van der Waals surface area contributed by atoms with E-state index in [1.165, 1.54) is 18.2 Å². The van der Waals surface area contributed by atoms with Crippen LogP contribution in [0, 0.1) is 17.0 Å². The molecule has 8 heteroatoms. The van der Waals surface area contributed by atoms with E-state index in [1.807, 2.05) is 25.1 Å². The maximum absolute atomic E-state index is 13.3. The number of nitrogens with zero attached hydrogens (tertiary/aromatic N) is 3. The number of aryl methyl sites for hydroxylation is 1. The molecule has 8 nitrogen and oxygen atoms in total. The van der Waals surface area contributed by atoms with Crippen LogP contribution < -0.4 is 4.90 Å². The Hall–Kier alpha value is -3.42. The molecule has 1 aliphatic heterocycles. The number of hydrogen-bond acceptors (Lipinski definition) is 5. The van der Waals surface area contributed by atoms with Crippen molar-refractivity contribution in [3.05, 3.63) is 69.3 Å². The Morgan fingerprint density at radius 2 is 1.80 bits per heavy atom. The second-order valence-electron chi connectivity index (χ2n) is 8.24. The normalized spacial score (nSPS) is 14.0. The zero-order valence-corrected chi connectivity index (χ0v) is 17.5. The zero-order valence-electron chi connectivity index (χ0n) is 17.5. The fraction of sp³-hybridized carbons (Fsp3) is 0.364. The third-order valence-electron chi connectivity index (χ3n) is 4.82. The van der Waals surface area contributed by atoms with E-state index < -0.39 is 16.6 Å². The Morgan fingerprint density at radius 1 is 1.10 bits per heavy atom. The smallest absolute Gasteiger partial charge is 0.410 e. The van der Waals surface area contributed by atoms with Gasteiger partial charge in [-0.2, -0.15) is 0 Å². The molecule has 0 aliphatic carbocycles. The van der Waals surface area contributed by atoms with Crippen molar-refractivity contribution in [3.63, 3.8) is 0 Å². The lowest BCUT2D eigenvalue weighted by atomic mass is 10.0. The highest BCUT2D eigenvalue weighted by molar-refractivity contribution is 6.07. The summed E-state index contributed by atoms with van der Waals surface area (Å²) >= 11 is 0. The van der Waals surface area contributed by atoms with Crippen LogP contribution in [0.3, 0.4) is 0 Å². The Labute approximate surface area is 175 Å². The molecule has 2 aromatic rings. The number of nitro benzene ring substituents is 1. The molecule has 0 fully saturated rings. The molecule has 1 aliphatic rings. The minimum atomic E-state index is -0.629. The first-order valence-corrected chi connectivity index (χ1v) is 9.69. The molecule has 0 radical (unpaired) electrons. The summed E-state index contributed by atoms with van der Waals surface area (Å²) in [6.45, 7) is 8.18. The molecule has 0 aromatic heterocycles. The lowest BCUT2D eigenvalue weighted by Gasteiger charge is -2.26. The predicted molar refractivity (Wildman–Crippen MR) is 113 cm³/mol. The Bertz CT molecular complexity index is 997. The van der Waals surface area contributed by atoms with Crippen molar-refractivity contribution < 1.29 is 19.2 Å². The van der Waals surface area contributed by atoms with Crippen molar-refractivity contribution >= 4 is 23.4 Å². The van der Waals surface area contributed by atoms with Gasteiger partial charge in [0.1, 0.15) is 5.60 Å². The van der Waals surface area contributed by atoms with Gasteiger partial charge in [-0.05, 0) is 51.0 Å². The molecule has 0 unspecified atom stereocenters. The molecule has 0 saturated heterocycles. The quantitative estimate of drug-likeness (QED) is 0.543. The Kier molecular flexibility index (Phi) is 5.78. The molecule has 1 heterocycles. The summed E-state index contributed by atoms with van der Waals surface area (Å²) in [4.78, 5) is 39.7. The van der Waals surface area contributed by atoms with Crippen LogP contribution in [-0.2, 0) is 11.3 Å². The third-order valence-corrected chi connectivity index (χ3v) is 4.82. The number of hydrogen-bond donors (Lipinski definition) is 0. The minimum Gasteiger partial charge on any atom is -0.444 e. The largest absolute Gasteiger partial charge is 0.444 e. The van der Waals surface area contributed by atoms with E-state index in [1.54, 1.807) is 36.6 Å². The number of fused-ring (bicyclic) bond motifs is 1. The minimum absolute atomic E-state index is 0.143. The summed E-state index contributed by atoms with van der Waals surface area (Å²) in [7, 11) is 0. The fourth-order valence-electron chi connectivity index (χ4n) is 3.36. The molecular weight excluding hydrogens is 386 g/mol. The van der Waals surface area contributed by atoms with Gasteiger partial charge in [0.05, 0.1) is 11.5 Å². The first-order chi connectivity index (χ1) is 14.1. The summed E-state index contributed by atoms with van der Waals surface area (Å²) in [5.74, 6) is -0.350. The fourth-order valence-corrected chi connectivity index (χ4v) is 3.36. The van der Waals surface area contributed by atoms with E-state index in [0.29, 0.717) is 12.2 Å². The summed E-state index contributed by atoms with van der Waals surface area (Å²) in [5, 5.41) is 11.1. The van der Waals surface area contributed by atoms with Crippen LogP contribution in [0.25, 0.3) is 0 Å². The highest BCUT2D eigenvalue weighted by atomic mass is 16.6. The Morgan fingerprint density at radius 3 is 2.47 bits per heavy atom. The topological polar surface area (TPSA) is 93.0 Å². The van der Waals surface area contributed by atoms with E-state index >= 15 is 0 Å². The van der Waals surface area contributed by atoms with Gasteiger partial charge in [-0.25, -0.2) is 4.79 Å². The van der Waals surface area contributed by atoms with Crippen molar-refractivity contribution in [1.29, 1.82) is 0 Å². The summed E-state index contributed by atoms with van der Waals surface area (Å²) in [6.07, 6.45) is -0.443. The van der Waals surface area contributed by atoms with E-state index in [0.717, 1.165) is 11.1 Å². The van der Waals surface area contributed by atoms with E-state index in [9.17, 15) is 19.7 Å². The van der Waals surface area contributed by atoms with Crippen molar-refractivity contribution in [1.82, 2.24) is 4.90 Å². The first-order valence-electron chi connectivity index (χ1n) is 9.69. The van der Waals surface area contributed by atoms with Gasteiger partial charge in [0.25, 0.3) is 11.6 Å². The van der Waals surface area contributed by atoms with Crippen molar-refractivity contribution in [2.75, 3.05) is 18.0 Å². The van der Waals surface area contributed by atoms with Crippen LogP contribution in [0.4, 0.5) is 16.2 Å². The molecule has 158 valence electrons. The number of carbonyl (C=O) groups is 2. The molecule has 0 spiro atoms. The van der Waals surface area contributed by atoms with Gasteiger partial charge in [0, 0.05) is 36.5 Å². The lowest BCUT2D eigenvalue weighted by Crippen LogP contribution is -2.40. The van der Waals surface area contributed by atoms with Crippen LogP contribution in [0.1, 0.15) is 42.3 Å². The van der Waals surface area contributed by atoms with Crippen LogP contribution >= 0.6 is 0 Å². The number of anilines is 1. The van der Waals surface area contributed by atoms with Crippen LogP contribution in [0.2, 0.25) is 0 Å². The number of carbonyl (C=O) groups excluding carboxylic acids is 2. The molecule has 0 N–H and O–H groups in total. The van der Waals surface area contributed by atoms with Gasteiger partial charge < -0.3 is 14.5 Å². The number of benzene rings is 2. The number of amides is 2. The number of ether oxygens (including phenoxy) is 1. The third kappa shape index (κ3) is 4.59. The van der Waals surface area contributed by atoms with Crippen LogP contribution in [0.5, 0.6) is 0 Å². The van der Waals surface area contributed by atoms with Crippen LogP contribution in [0.15, 0.2) is 42.5 Å². The molecule has 3 rings (SSSR count). The number of non-ortho nitro benzene ring substituents is 1. The van der Waals surface area contributed by atoms with E-state index in [4.69, 9.17) is 4.74 Å². The maximum atomic E-state index is 13.3. The van der Waals surface area contributed by atoms with Gasteiger partial charge in [-0.15, -0.1) is 0 Å². The van der Waals surface area contributed by atoms with Crippen molar-refractivity contribution in [2.45, 2.75) is 39.8 Å². The second-order valence-corrected chi connectivity index (χ2v) is 8.24. The average molecular weight is 411 g/mol. The molecule has 2 aromatic carbocycles. The van der Waals surface area contributed by atoms with Gasteiger partial charge in [-0.3, -0.25) is 14.9 Å². The van der Waals surface area contributed by atoms with Gasteiger partial charge in [0.15, 0.2) is 0 Å². The second kappa shape index (κ2) is 8.14. The monoisotopic (exact) mass is 411 g/mol. The van der Waals surface area contributed by atoms with Gasteiger partial charge >= 0.3 is 6.09 Å². The first kappa shape index (κ1) is 21.3. The highest BCUT2D eigenvalue weighted by Crippen LogP contribution is 2.30. The van der Waals surface area contributed by atoms with Crippen molar-refractivity contribution in [2.24, 2.45) is 0 Å². The molecular formula is C22H25N3O5. The standard InChI is InChI=1S/C22H25N3O5/c1-15-7-5-10-19-18(15)14-23(21(27)30-22(2,3)4)11-12-24(19)20(26)16-8-6-9-17(13-16)25(28)29/h5-10,13H,11-12,14H2,1-4H3. The van der Waals surface area contributed by atoms with Crippen LogP contribution in [-0.4, -0.2) is 40.5 Å². The number of nitro groups is 1. The summed E-state index contributed by atoms with van der Waals surface area (Å²) in [6, 6.07) is 11.3. The highest BCUT2D eigenvalue weighted by Gasteiger charge is 2.30. The van der Waals surface area contributed by atoms with Crippen molar-refractivity contribution in [3.8, 4) is 0 Å². The zero-order chi connectivity index (χ0) is 22.1. The van der Waals surface area contributed by atoms with E-state index in [-0.39, 0.29) is 30.2 Å². The summed E-state index contributed by atoms with van der Waals surface area (Å²) in [5.41, 5.74) is 1.94. The Balaban J connectivity index is 1.97.